The van der Waals surface area contributed by atoms with E-state index < -0.39 is 18.2 Å². The third-order valence-electron chi connectivity index (χ3n) is 2.87. The zero-order valence-electron chi connectivity index (χ0n) is 8.41. The van der Waals surface area contributed by atoms with E-state index in [0.717, 1.165) is 5.69 Å². The molecule has 84 valence electrons. The molecule has 0 saturated carbocycles. The summed E-state index contributed by atoms with van der Waals surface area (Å²) in [5, 5.41) is 35.4. The Morgan fingerprint density at radius 1 is 1.47 bits per heavy atom. The molecule has 1 aromatic heterocycles. The highest BCUT2D eigenvalue weighted by molar-refractivity contribution is 5.14. The maximum atomic E-state index is 9.79. The first-order valence-electron chi connectivity index (χ1n) is 4.86. The molecule has 1 aliphatic heterocycles. The Morgan fingerprint density at radius 2 is 2.20 bits per heavy atom. The summed E-state index contributed by atoms with van der Waals surface area (Å²) in [6, 6.07) is 0.900. The normalized spacial score (nSPS) is 36.0. The lowest BCUT2D eigenvalue weighted by molar-refractivity contribution is 0.0187. The Balaban J connectivity index is 2.22. The van der Waals surface area contributed by atoms with Gasteiger partial charge in [0, 0.05) is 13.2 Å². The van der Waals surface area contributed by atoms with E-state index in [1.807, 2.05) is 0 Å². The van der Waals surface area contributed by atoms with Gasteiger partial charge in [0.15, 0.2) is 0 Å². The predicted octanol–water partition coefficient (Wildman–Crippen LogP) is -1.85. The van der Waals surface area contributed by atoms with Crippen molar-refractivity contribution in [3.8, 4) is 0 Å². The average Bonchev–Trinajstić information content (AvgIpc) is 2.74. The molecular formula is C9H15N3O3. The van der Waals surface area contributed by atoms with Crippen molar-refractivity contribution in [2.45, 2.75) is 24.3 Å². The third-order valence-corrected chi connectivity index (χ3v) is 2.87. The molecule has 1 aliphatic rings. The van der Waals surface area contributed by atoms with E-state index in [4.69, 9.17) is 5.11 Å². The minimum absolute atomic E-state index is 0.202. The number of rotatable bonds is 2. The van der Waals surface area contributed by atoms with E-state index in [9.17, 15) is 10.2 Å². The molecular weight excluding hydrogens is 198 g/mol. The Hall–Kier alpha value is -0.950. The minimum Gasteiger partial charge on any atom is -0.395 e. The number of hydrogen-bond acceptors (Lipinski definition) is 5. The Bertz CT molecular complexity index is 341. The lowest BCUT2D eigenvalue weighted by atomic mass is 10.1. The van der Waals surface area contributed by atoms with Crippen molar-refractivity contribution in [2.75, 3.05) is 6.61 Å². The second-order valence-corrected chi connectivity index (χ2v) is 3.79. The Morgan fingerprint density at radius 3 is 2.67 bits per heavy atom. The van der Waals surface area contributed by atoms with Crippen molar-refractivity contribution >= 4 is 0 Å². The molecule has 0 aromatic carbocycles. The van der Waals surface area contributed by atoms with Gasteiger partial charge < -0.3 is 15.3 Å². The SMILES string of the molecule is Cn1nccc1[C@@H]1N[C@H](CO)[C@@H](O)[C@H]1O. The van der Waals surface area contributed by atoms with E-state index in [1.165, 1.54) is 0 Å². The first-order chi connectivity index (χ1) is 7.15. The average molecular weight is 213 g/mol. The van der Waals surface area contributed by atoms with Crippen LogP contribution in [0.4, 0.5) is 0 Å². The van der Waals surface area contributed by atoms with Gasteiger partial charge in [-0.05, 0) is 6.07 Å². The Kier molecular flexibility index (Phi) is 2.74. The van der Waals surface area contributed by atoms with Crippen molar-refractivity contribution in [1.29, 1.82) is 0 Å². The van der Waals surface area contributed by atoms with Gasteiger partial charge in [-0.3, -0.25) is 10.00 Å². The monoisotopic (exact) mass is 213 g/mol. The molecule has 0 spiro atoms. The van der Waals surface area contributed by atoms with Crippen molar-refractivity contribution in [3.05, 3.63) is 18.0 Å². The largest absolute Gasteiger partial charge is 0.395 e. The van der Waals surface area contributed by atoms with E-state index in [-0.39, 0.29) is 12.6 Å². The van der Waals surface area contributed by atoms with E-state index in [1.54, 1.807) is 24.0 Å². The van der Waals surface area contributed by atoms with Gasteiger partial charge >= 0.3 is 0 Å². The fourth-order valence-electron chi connectivity index (χ4n) is 1.97. The lowest BCUT2D eigenvalue weighted by Gasteiger charge is -2.15. The van der Waals surface area contributed by atoms with Crippen LogP contribution in [0.5, 0.6) is 0 Å². The van der Waals surface area contributed by atoms with Crippen LogP contribution in [-0.2, 0) is 7.05 Å². The molecule has 15 heavy (non-hydrogen) atoms. The molecule has 4 atom stereocenters. The molecule has 1 fully saturated rings. The van der Waals surface area contributed by atoms with Gasteiger partial charge in [-0.2, -0.15) is 5.10 Å². The summed E-state index contributed by atoms with van der Waals surface area (Å²) >= 11 is 0. The van der Waals surface area contributed by atoms with Crippen LogP contribution in [0.2, 0.25) is 0 Å². The molecule has 2 heterocycles. The number of aromatic nitrogens is 2. The van der Waals surface area contributed by atoms with E-state index >= 15 is 0 Å². The number of aliphatic hydroxyl groups excluding tert-OH is 3. The molecule has 1 aromatic rings. The number of aliphatic hydroxyl groups is 3. The fourth-order valence-corrected chi connectivity index (χ4v) is 1.97. The lowest BCUT2D eigenvalue weighted by Crippen LogP contribution is -2.35. The van der Waals surface area contributed by atoms with Gasteiger partial charge in [0.1, 0.15) is 6.10 Å². The van der Waals surface area contributed by atoms with Gasteiger partial charge in [-0.25, -0.2) is 0 Å². The van der Waals surface area contributed by atoms with Crippen LogP contribution in [0.1, 0.15) is 11.7 Å². The summed E-state index contributed by atoms with van der Waals surface area (Å²) in [6.07, 6.45) is -0.241. The molecule has 2 rings (SSSR count). The topological polar surface area (TPSA) is 90.5 Å². The summed E-state index contributed by atoms with van der Waals surface area (Å²) in [4.78, 5) is 0. The maximum absolute atomic E-state index is 9.79. The predicted molar refractivity (Wildman–Crippen MR) is 52.0 cm³/mol. The molecule has 6 heteroatoms. The van der Waals surface area contributed by atoms with Crippen molar-refractivity contribution in [1.82, 2.24) is 15.1 Å². The summed E-state index contributed by atoms with van der Waals surface area (Å²) in [7, 11) is 1.77. The van der Waals surface area contributed by atoms with E-state index in [2.05, 4.69) is 10.4 Å². The summed E-state index contributed by atoms with van der Waals surface area (Å²) in [5.74, 6) is 0. The molecule has 0 radical (unpaired) electrons. The highest BCUT2D eigenvalue weighted by Crippen LogP contribution is 2.26. The molecule has 0 amide bonds. The van der Waals surface area contributed by atoms with Crippen LogP contribution in [0.15, 0.2) is 12.3 Å². The number of nitrogens with one attached hydrogen (secondary N) is 1. The standard InChI is InChI=1S/C9H15N3O3/c1-12-6(2-3-10-12)7-9(15)8(14)5(4-13)11-7/h2-3,5,7-9,11,13-15H,4H2,1H3/t5-,7+,8-,9+/m1/s1. The van der Waals surface area contributed by atoms with Gasteiger partial charge in [-0.1, -0.05) is 0 Å². The van der Waals surface area contributed by atoms with Crippen molar-refractivity contribution in [3.63, 3.8) is 0 Å². The van der Waals surface area contributed by atoms with Crippen LogP contribution >= 0.6 is 0 Å². The Labute approximate surface area is 87.2 Å². The molecule has 6 nitrogen and oxygen atoms in total. The smallest absolute Gasteiger partial charge is 0.102 e. The first-order valence-corrected chi connectivity index (χ1v) is 4.86. The van der Waals surface area contributed by atoms with Crippen LogP contribution < -0.4 is 5.32 Å². The summed E-state index contributed by atoms with van der Waals surface area (Å²) in [5.41, 5.74) is 0.789. The fraction of sp³-hybridized carbons (Fsp3) is 0.667. The van der Waals surface area contributed by atoms with Crippen LogP contribution in [0.3, 0.4) is 0 Å². The first kappa shape index (κ1) is 10.6. The molecule has 0 unspecified atom stereocenters. The number of hydrogen-bond donors (Lipinski definition) is 4. The summed E-state index contributed by atoms with van der Waals surface area (Å²) < 4.78 is 1.63. The maximum Gasteiger partial charge on any atom is 0.102 e. The highest BCUT2D eigenvalue weighted by atomic mass is 16.3. The number of nitrogens with zero attached hydrogens (tertiary/aromatic N) is 2. The second-order valence-electron chi connectivity index (χ2n) is 3.79. The molecule has 4 N–H and O–H groups in total. The zero-order chi connectivity index (χ0) is 11.0. The van der Waals surface area contributed by atoms with Gasteiger partial charge in [-0.15, -0.1) is 0 Å². The highest BCUT2D eigenvalue weighted by Gasteiger charge is 2.42. The van der Waals surface area contributed by atoms with Gasteiger partial charge in [0.05, 0.1) is 30.5 Å². The van der Waals surface area contributed by atoms with Crippen LogP contribution in [-0.4, -0.2) is 50.0 Å². The van der Waals surface area contributed by atoms with E-state index in [0.29, 0.717) is 0 Å². The molecule has 0 bridgehead atoms. The van der Waals surface area contributed by atoms with Crippen LogP contribution in [0, 0.1) is 0 Å². The minimum atomic E-state index is -0.949. The summed E-state index contributed by atoms with van der Waals surface area (Å²) in [6.45, 7) is -0.202. The molecule has 1 saturated heterocycles. The third kappa shape index (κ3) is 1.65. The molecule has 0 aliphatic carbocycles. The van der Waals surface area contributed by atoms with Crippen LogP contribution in [0.25, 0.3) is 0 Å². The second kappa shape index (κ2) is 3.90. The quantitative estimate of drug-likeness (QED) is 0.463. The van der Waals surface area contributed by atoms with Crippen molar-refractivity contribution < 1.29 is 15.3 Å². The van der Waals surface area contributed by atoms with Gasteiger partial charge in [0.2, 0.25) is 0 Å². The number of aryl methyl sites for hydroxylation is 1. The zero-order valence-corrected chi connectivity index (χ0v) is 8.41. The van der Waals surface area contributed by atoms with Crippen molar-refractivity contribution in [2.24, 2.45) is 7.05 Å². The van der Waals surface area contributed by atoms with Gasteiger partial charge in [0.25, 0.3) is 0 Å².